The molecule has 2 rings (SSSR count). The third kappa shape index (κ3) is 2.96. The molecule has 20 heavy (non-hydrogen) atoms. The van der Waals surface area contributed by atoms with Crippen LogP contribution in [0, 0.1) is 5.82 Å². The molecule has 0 amide bonds. The fourth-order valence-electron chi connectivity index (χ4n) is 1.79. The SMILES string of the molecule is O=Cc1c(OC(F)(F)F)cccc1-c1ccccc1F. The number of carbonyl (C=O) groups excluding carboxylic acids is 1. The summed E-state index contributed by atoms with van der Waals surface area (Å²) in [4.78, 5) is 11.0. The first-order chi connectivity index (χ1) is 9.42. The van der Waals surface area contributed by atoms with Crippen LogP contribution in [0.25, 0.3) is 11.1 Å². The van der Waals surface area contributed by atoms with Crippen LogP contribution in [0.3, 0.4) is 0 Å². The predicted molar refractivity (Wildman–Crippen MR) is 63.9 cm³/mol. The Morgan fingerprint density at radius 3 is 2.20 bits per heavy atom. The molecule has 0 aromatic heterocycles. The van der Waals surface area contributed by atoms with E-state index in [0.29, 0.717) is 0 Å². The predicted octanol–water partition coefficient (Wildman–Crippen LogP) is 4.20. The molecule has 2 aromatic carbocycles. The highest BCUT2D eigenvalue weighted by Crippen LogP contribution is 2.33. The Labute approximate surface area is 111 Å². The molecule has 6 heteroatoms. The van der Waals surface area contributed by atoms with Crippen LogP contribution in [-0.2, 0) is 0 Å². The van der Waals surface area contributed by atoms with Crippen molar-refractivity contribution in [2.24, 2.45) is 0 Å². The summed E-state index contributed by atoms with van der Waals surface area (Å²) < 4.78 is 54.2. The number of alkyl halides is 3. The van der Waals surface area contributed by atoms with E-state index in [1.54, 1.807) is 0 Å². The molecule has 0 atom stereocenters. The van der Waals surface area contributed by atoms with E-state index in [2.05, 4.69) is 4.74 Å². The molecule has 0 spiro atoms. The summed E-state index contributed by atoms with van der Waals surface area (Å²) in [5.41, 5.74) is -0.281. The maximum absolute atomic E-state index is 13.7. The number of halogens is 4. The topological polar surface area (TPSA) is 26.3 Å². The third-order valence-electron chi connectivity index (χ3n) is 2.57. The summed E-state index contributed by atoms with van der Waals surface area (Å²) in [6, 6.07) is 9.10. The lowest BCUT2D eigenvalue weighted by molar-refractivity contribution is -0.274. The second-order valence-corrected chi connectivity index (χ2v) is 3.86. The van der Waals surface area contributed by atoms with Gasteiger partial charge in [0.15, 0.2) is 6.29 Å². The van der Waals surface area contributed by atoms with Gasteiger partial charge < -0.3 is 4.74 Å². The molecule has 0 unspecified atom stereocenters. The highest BCUT2D eigenvalue weighted by atomic mass is 19.4. The maximum atomic E-state index is 13.7. The number of hydrogen-bond donors (Lipinski definition) is 0. The Balaban J connectivity index is 2.58. The van der Waals surface area contributed by atoms with Crippen molar-refractivity contribution in [2.45, 2.75) is 6.36 Å². The first kappa shape index (κ1) is 14.0. The molecule has 104 valence electrons. The Hall–Kier alpha value is -2.37. The molecule has 0 fully saturated rings. The summed E-state index contributed by atoms with van der Waals surface area (Å²) in [7, 11) is 0. The van der Waals surface area contributed by atoms with E-state index in [4.69, 9.17) is 0 Å². The molecule has 2 aromatic rings. The van der Waals surface area contributed by atoms with Crippen molar-refractivity contribution in [3.63, 3.8) is 0 Å². The van der Waals surface area contributed by atoms with Crippen molar-refractivity contribution in [3.05, 3.63) is 53.8 Å². The normalized spacial score (nSPS) is 11.2. The zero-order chi connectivity index (χ0) is 14.8. The maximum Gasteiger partial charge on any atom is 0.573 e. The van der Waals surface area contributed by atoms with E-state index in [-0.39, 0.29) is 23.0 Å². The smallest absolute Gasteiger partial charge is 0.405 e. The van der Waals surface area contributed by atoms with Crippen LogP contribution in [-0.4, -0.2) is 12.6 Å². The van der Waals surface area contributed by atoms with E-state index in [1.807, 2.05) is 0 Å². The molecule has 0 bridgehead atoms. The minimum atomic E-state index is -4.92. The molecule has 0 saturated heterocycles. The standard InChI is InChI=1S/C14H8F4O2/c15-12-6-2-1-4-10(12)9-5-3-7-13(11(9)8-19)20-14(16,17)18/h1-8H. The second-order valence-electron chi connectivity index (χ2n) is 3.86. The van der Waals surface area contributed by atoms with Gasteiger partial charge in [0.25, 0.3) is 0 Å². The molecule has 0 radical (unpaired) electrons. The van der Waals surface area contributed by atoms with Crippen LogP contribution in [0.1, 0.15) is 10.4 Å². The second kappa shape index (κ2) is 5.32. The van der Waals surface area contributed by atoms with Gasteiger partial charge in [-0.25, -0.2) is 4.39 Å². The van der Waals surface area contributed by atoms with Crippen LogP contribution < -0.4 is 4.74 Å². The van der Waals surface area contributed by atoms with Crippen LogP contribution >= 0.6 is 0 Å². The van der Waals surface area contributed by atoms with E-state index in [0.717, 1.165) is 12.1 Å². The highest BCUT2D eigenvalue weighted by Gasteiger charge is 2.32. The summed E-state index contributed by atoms with van der Waals surface area (Å²) in [5.74, 6) is -1.30. The van der Waals surface area contributed by atoms with Gasteiger partial charge >= 0.3 is 6.36 Å². The average molecular weight is 284 g/mol. The van der Waals surface area contributed by atoms with E-state index in [1.165, 1.54) is 30.3 Å². The van der Waals surface area contributed by atoms with E-state index in [9.17, 15) is 22.4 Å². The van der Waals surface area contributed by atoms with Gasteiger partial charge in [0.1, 0.15) is 11.6 Å². The Kier molecular flexibility index (Phi) is 3.74. The quantitative estimate of drug-likeness (QED) is 0.623. The van der Waals surface area contributed by atoms with Crippen LogP contribution in [0.2, 0.25) is 0 Å². The van der Waals surface area contributed by atoms with Crippen LogP contribution in [0.15, 0.2) is 42.5 Å². The van der Waals surface area contributed by atoms with Crippen molar-refractivity contribution in [2.75, 3.05) is 0 Å². The molecule has 0 aliphatic heterocycles. The van der Waals surface area contributed by atoms with E-state index >= 15 is 0 Å². The number of benzene rings is 2. The van der Waals surface area contributed by atoms with E-state index < -0.39 is 17.9 Å². The summed E-state index contributed by atoms with van der Waals surface area (Å²) in [6.45, 7) is 0. The lowest BCUT2D eigenvalue weighted by atomic mass is 9.99. The number of carbonyl (C=O) groups is 1. The van der Waals surface area contributed by atoms with Crippen LogP contribution in [0.4, 0.5) is 17.6 Å². The van der Waals surface area contributed by atoms with Crippen molar-refractivity contribution in [1.29, 1.82) is 0 Å². The first-order valence-corrected chi connectivity index (χ1v) is 5.51. The minimum absolute atomic E-state index is 0.0298. The monoisotopic (exact) mass is 284 g/mol. The third-order valence-corrected chi connectivity index (χ3v) is 2.57. The molecular formula is C14H8F4O2. The zero-order valence-corrected chi connectivity index (χ0v) is 9.95. The number of rotatable bonds is 3. The highest BCUT2D eigenvalue weighted by molar-refractivity contribution is 5.91. The largest absolute Gasteiger partial charge is 0.573 e. The van der Waals surface area contributed by atoms with Gasteiger partial charge in [0, 0.05) is 5.56 Å². The van der Waals surface area contributed by atoms with Gasteiger partial charge in [0.05, 0.1) is 5.56 Å². The zero-order valence-electron chi connectivity index (χ0n) is 9.95. The summed E-state index contributed by atoms with van der Waals surface area (Å²) in [5, 5.41) is 0. The van der Waals surface area contributed by atoms with Gasteiger partial charge in [-0.15, -0.1) is 13.2 Å². The minimum Gasteiger partial charge on any atom is -0.405 e. The number of aldehydes is 1. The Morgan fingerprint density at radius 2 is 1.60 bits per heavy atom. The van der Waals surface area contributed by atoms with Crippen molar-refractivity contribution < 1.29 is 27.1 Å². The van der Waals surface area contributed by atoms with Gasteiger partial charge in [-0.1, -0.05) is 30.3 Å². The van der Waals surface area contributed by atoms with Gasteiger partial charge in [-0.3, -0.25) is 4.79 Å². The summed E-state index contributed by atoms with van der Waals surface area (Å²) in [6.07, 6.45) is -4.71. The molecular weight excluding hydrogens is 276 g/mol. The molecule has 0 N–H and O–H groups in total. The molecule has 2 nitrogen and oxygen atoms in total. The first-order valence-electron chi connectivity index (χ1n) is 5.51. The molecule has 0 aliphatic rings. The number of ether oxygens (including phenoxy) is 1. The summed E-state index contributed by atoms with van der Waals surface area (Å²) >= 11 is 0. The van der Waals surface area contributed by atoms with Gasteiger partial charge in [-0.2, -0.15) is 0 Å². The molecule has 0 saturated carbocycles. The average Bonchev–Trinajstić information content (AvgIpc) is 2.37. The lowest BCUT2D eigenvalue weighted by Crippen LogP contribution is -2.18. The van der Waals surface area contributed by atoms with Crippen molar-refractivity contribution in [1.82, 2.24) is 0 Å². The lowest BCUT2D eigenvalue weighted by Gasteiger charge is -2.13. The Bertz CT molecular complexity index is 635. The van der Waals surface area contributed by atoms with Gasteiger partial charge in [0.2, 0.25) is 0 Å². The fraction of sp³-hybridized carbons (Fsp3) is 0.0714. The van der Waals surface area contributed by atoms with Crippen molar-refractivity contribution >= 4 is 6.29 Å². The van der Waals surface area contributed by atoms with Crippen molar-refractivity contribution in [3.8, 4) is 16.9 Å². The molecule has 0 aliphatic carbocycles. The fourth-order valence-corrected chi connectivity index (χ4v) is 1.79. The van der Waals surface area contributed by atoms with Gasteiger partial charge in [-0.05, 0) is 17.7 Å². The number of hydrogen-bond acceptors (Lipinski definition) is 2. The van der Waals surface area contributed by atoms with Crippen LogP contribution in [0.5, 0.6) is 5.75 Å². The molecule has 0 heterocycles. The Morgan fingerprint density at radius 1 is 0.950 bits per heavy atom.